The molecule has 1 aromatic rings. The minimum atomic E-state index is -0.0865. The summed E-state index contributed by atoms with van der Waals surface area (Å²) in [7, 11) is 0. The summed E-state index contributed by atoms with van der Waals surface area (Å²) in [5, 5.41) is 9.29. The Bertz CT molecular complexity index is 420. The van der Waals surface area contributed by atoms with Crippen LogP contribution < -0.4 is 5.73 Å². The smallest absolute Gasteiger partial charge is 0.255 e. The minimum Gasteiger partial charge on any atom is -0.506 e. The van der Waals surface area contributed by atoms with Gasteiger partial charge in [0.2, 0.25) is 0 Å². The molecule has 0 radical (unpaired) electrons. The van der Waals surface area contributed by atoms with E-state index in [1.54, 1.807) is 4.90 Å². The van der Waals surface area contributed by atoms with Crippen molar-refractivity contribution < 1.29 is 9.90 Å². The molecule has 5 nitrogen and oxygen atoms in total. The Morgan fingerprint density at radius 3 is 3.00 bits per heavy atom. The maximum atomic E-state index is 12.1. The molecule has 17 heavy (non-hydrogen) atoms. The van der Waals surface area contributed by atoms with E-state index >= 15 is 0 Å². The molecule has 0 spiro atoms. The highest BCUT2D eigenvalue weighted by molar-refractivity contribution is 5.94. The number of aromatic hydroxyl groups is 1. The van der Waals surface area contributed by atoms with Crippen LogP contribution in [-0.2, 0) is 0 Å². The van der Waals surface area contributed by atoms with Gasteiger partial charge in [-0.1, -0.05) is 0 Å². The quantitative estimate of drug-likeness (QED) is 0.786. The minimum absolute atomic E-state index is 0.0128. The number of carbonyl (C=O) groups is 1. The molecule has 1 fully saturated rings. The number of hydrogen-bond donors (Lipinski definition) is 2. The number of likely N-dealkylation sites (tertiary alicyclic amines) is 1. The van der Waals surface area contributed by atoms with Crippen LogP contribution in [-0.4, -0.2) is 40.0 Å². The second-order valence-corrected chi connectivity index (χ2v) is 4.59. The van der Waals surface area contributed by atoms with Crippen LogP contribution in [0.5, 0.6) is 5.75 Å². The molecule has 92 valence electrons. The van der Waals surface area contributed by atoms with Gasteiger partial charge < -0.3 is 15.7 Å². The first-order chi connectivity index (χ1) is 8.08. The zero-order valence-electron chi connectivity index (χ0n) is 9.84. The number of rotatable bonds is 2. The largest absolute Gasteiger partial charge is 0.506 e. The number of amides is 1. The number of aromatic nitrogens is 1. The van der Waals surface area contributed by atoms with Crippen molar-refractivity contribution in [3.63, 3.8) is 0 Å². The molecule has 1 aromatic heterocycles. The summed E-state index contributed by atoms with van der Waals surface area (Å²) in [6.07, 6.45) is 3.72. The highest BCUT2D eigenvalue weighted by atomic mass is 16.3. The van der Waals surface area contributed by atoms with E-state index < -0.39 is 0 Å². The van der Waals surface area contributed by atoms with Crippen LogP contribution in [0.1, 0.15) is 23.7 Å². The summed E-state index contributed by atoms with van der Waals surface area (Å²) in [4.78, 5) is 17.7. The third kappa shape index (κ3) is 2.55. The van der Waals surface area contributed by atoms with E-state index in [0.717, 1.165) is 13.0 Å². The van der Waals surface area contributed by atoms with Crippen molar-refractivity contribution in [2.24, 2.45) is 11.7 Å². The van der Waals surface area contributed by atoms with Crippen molar-refractivity contribution in [3.05, 3.63) is 24.0 Å². The topological polar surface area (TPSA) is 79.5 Å². The summed E-state index contributed by atoms with van der Waals surface area (Å²) in [5.41, 5.74) is 6.26. The zero-order chi connectivity index (χ0) is 12.4. The monoisotopic (exact) mass is 235 g/mol. The van der Waals surface area contributed by atoms with Gasteiger partial charge in [-0.3, -0.25) is 9.78 Å². The van der Waals surface area contributed by atoms with Crippen LogP contribution >= 0.6 is 0 Å². The molecule has 0 saturated carbocycles. The molecule has 1 saturated heterocycles. The van der Waals surface area contributed by atoms with E-state index in [1.165, 1.54) is 18.5 Å². The first-order valence-corrected chi connectivity index (χ1v) is 5.77. The first-order valence-electron chi connectivity index (χ1n) is 5.77. The van der Waals surface area contributed by atoms with Crippen LogP contribution in [0, 0.1) is 5.92 Å². The van der Waals surface area contributed by atoms with E-state index in [1.807, 2.05) is 6.92 Å². The third-order valence-electron chi connectivity index (χ3n) is 3.23. The van der Waals surface area contributed by atoms with Crippen molar-refractivity contribution in [1.82, 2.24) is 9.88 Å². The van der Waals surface area contributed by atoms with E-state index in [-0.39, 0.29) is 17.7 Å². The second kappa shape index (κ2) is 4.71. The van der Waals surface area contributed by atoms with Gasteiger partial charge in [0, 0.05) is 25.3 Å². The molecule has 2 atom stereocenters. The molecule has 0 aromatic carbocycles. The van der Waals surface area contributed by atoms with Crippen molar-refractivity contribution >= 4 is 5.91 Å². The molecule has 5 heteroatoms. The Labute approximate surface area is 100 Å². The Kier molecular flexibility index (Phi) is 3.28. The molecule has 0 bridgehead atoms. The number of nitrogens with zero attached hydrogens (tertiary/aromatic N) is 2. The van der Waals surface area contributed by atoms with Crippen LogP contribution in [0.3, 0.4) is 0 Å². The van der Waals surface area contributed by atoms with Gasteiger partial charge in [-0.25, -0.2) is 0 Å². The summed E-state index contributed by atoms with van der Waals surface area (Å²) in [6, 6.07) is 1.55. The van der Waals surface area contributed by atoms with Crippen molar-refractivity contribution in [1.29, 1.82) is 0 Å². The van der Waals surface area contributed by atoms with Gasteiger partial charge in [-0.2, -0.15) is 0 Å². The normalized spacial score (nSPS) is 21.5. The molecular weight excluding hydrogens is 218 g/mol. The molecule has 1 amide bonds. The van der Waals surface area contributed by atoms with Gasteiger partial charge in [0.15, 0.2) is 0 Å². The zero-order valence-corrected chi connectivity index (χ0v) is 9.84. The maximum Gasteiger partial charge on any atom is 0.255 e. The average Bonchev–Trinajstić information content (AvgIpc) is 2.77. The van der Waals surface area contributed by atoms with Crippen LogP contribution in [0.4, 0.5) is 0 Å². The fourth-order valence-corrected chi connectivity index (χ4v) is 2.13. The highest BCUT2D eigenvalue weighted by Gasteiger charge is 2.29. The van der Waals surface area contributed by atoms with Gasteiger partial charge in [0.1, 0.15) is 5.75 Å². The summed E-state index contributed by atoms with van der Waals surface area (Å²) in [5.74, 6) is 0.291. The molecule has 2 heterocycles. The number of carbonyl (C=O) groups excluding carboxylic acids is 1. The van der Waals surface area contributed by atoms with Gasteiger partial charge in [-0.05, 0) is 25.3 Å². The summed E-state index contributed by atoms with van der Waals surface area (Å²) in [6.45, 7) is 3.38. The lowest BCUT2D eigenvalue weighted by Gasteiger charge is -2.18. The lowest BCUT2D eigenvalue weighted by atomic mass is 10.0. The second-order valence-electron chi connectivity index (χ2n) is 4.59. The van der Waals surface area contributed by atoms with Gasteiger partial charge in [0.25, 0.3) is 5.91 Å². The predicted octanol–water partition coefficient (Wildman–Crippen LogP) is 0.596. The number of hydrogen-bond acceptors (Lipinski definition) is 4. The average molecular weight is 235 g/mol. The molecule has 0 aliphatic carbocycles. The Morgan fingerprint density at radius 2 is 2.41 bits per heavy atom. The van der Waals surface area contributed by atoms with E-state index in [4.69, 9.17) is 5.73 Å². The SMILES string of the molecule is CC(N)C1CCN(C(=O)c2cncc(O)c2)C1. The number of pyridine rings is 1. The maximum absolute atomic E-state index is 12.1. The van der Waals surface area contributed by atoms with Crippen LogP contribution in [0.15, 0.2) is 18.5 Å². The van der Waals surface area contributed by atoms with E-state index in [9.17, 15) is 9.90 Å². The lowest BCUT2D eigenvalue weighted by molar-refractivity contribution is 0.0785. The summed E-state index contributed by atoms with van der Waals surface area (Å²) < 4.78 is 0. The van der Waals surface area contributed by atoms with Gasteiger partial charge in [-0.15, -0.1) is 0 Å². The van der Waals surface area contributed by atoms with Crippen molar-refractivity contribution in [2.45, 2.75) is 19.4 Å². The number of nitrogens with two attached hydrogens (primary N) is 1. The first kappa shape index (κ1) is 11.9. The van der Waals surface area contributed by atoms with Crippen LogP contribution in [0.2, 0.25) is 0 Å². The van der Waals surface area contributed by atoms with Crippen molar-refractivity contribution in [3.8, 4) is 5.75 Å². The highest BCUT2D eigenvalue weighted by Crippen LogP contribution is 2.21. The predicted molar refractivity (Wildman–Crippen MR) is 63.6 cm³/mol. The third-order valence-corrected chi connectivity index (χ3v) is 3.23. The van der Waals surface area contributed by atoms with Gasteiger partial charge in [0.05, 0.1) is 11.8 Å². The molecule has 3 N–H and O–H groups in total. The van der Waals surface area contributed by atoms with Crippen molar-refractivity contribution in [2.75, 3.05) is 13.1 Å². The molecule has 1 aliphatic heterocycles. The Morgan fingerprint density at radius 1 is 1.65 bits per heavy atom. The Hall–Kier alpha value is -1.62. The van der Waals surface area contributed by atoms with Crippen LogP contribution in [0.25, 0.3) is 0 Å². The molecule has 1 aliphatic rings. The fourth-order valence-electron chi connectivity index (χ4n) is 2.13. The lowest BCUT2D eigenvalue weighted by Crippen LogP contribution is -2.33. The summed E-state index contributed by atoms with van der Waals surface area (Å²) >= 11 is 0. The Balaban J connectivity index is 2.07. The molecule has 2 unspecified atom stereocenters. The van der Waals surface area contributed by atoms with Gasteiger partial charge >= 0.3 is 0 Å². The molecular formula is C12H17N3O2. The van der Waals surface area contributed by atoms with E-state index in [0.29, 0.717) is 18.0 Å². The standard InChI is InChI=1S/C12H17N3O2/c1-8(13)9-2-3-15(7-9)12(17)10-4-11(16)6-14-5-10/h4-6,8-9,16H,2-3,7,13H2,1H3. The molecule has 2 rings (SSSR count). The fraction of sp³-hybridized carbons (Fsp3) is 0.500. The van der Waals surface area contributed by atoms with E-state index in [2.05, 4.69) is 4.98 Å².